The molecule has 2 N–H and O–H groups in total. The van der Waals surface area contributed by atoms with Crippen LogP contribution in [0.4, 0.5) is 5.69 Å². The Morgan fingerprint density at radius 3 is 2.62 bits per heavy atom. The van der Waals surface area contributed by atoms with Crippen molar-refractivity contribution < 1.29 is 14.6 Å². The van der Waals surface area contributed by atoms with E-state index in [-0.39, 0.29) is 5.75 Å². The topological polar surface area (TPSA) is 50.7 Å². The standard InChI is InChI=1S/C17H21NO3/c1-20-10-9-13-5-3-4-6-16(13)18-12-14-11-15(21-2)7-8-17(14)19/h3-8,11,18-19H,9-10,12H2,1-2H3. The summed E-state index contributed by atoms with van der Waals surface area (Å²) in [6, 6.07) is 13.3. The summed E-state index contributed by atoms with van der Waals surface area (Å²) in [5, 5.41) is 13.3. The quantitative estimate of drug-likeness (QED) is 0.821. The number of anilines is 1. The van der Waals surface area contributed by atoms with Crippen molar-refractivity contribution >= 4 is 5.69 Å². The van der Waals surface area contributed by atoms with Crippen LogP contribution < -0.4 is 10.1 Å². The molecule has 4 nitrogen and oxygen atoms in total. The Kier molecular flexibility index (Phi) is 5.46. The molecule has 0 bridgehead atoms. The molecule has 0 saturated heterocycles. The van der Waals surface area contributed by atoms with E-state index >= 15 is 0 Å². The summed E-state index contributed by atoms with van der Waals surface area (Å²) < 4.78 is 10.3. The van der Waals surface area contributed by atoms with Crippen LogP contribution in [-0.2, 0) is 17.7 Å². The molecule has 0 aromatic heterocycles. The van der Waals surface area contributed by atoms with Crippen molar-refractivity contribution in [2.75, 3.05) is 26.1 Å². The number of aromatic hydroxyl groups is 1. The van der Waals surface area contributed by atoms with E-state index < -0.39 is 0 Å². The lowest BCUT2D eigenvalue weighted by atomic mass is 10.1. The summed E-state index contributed by atoms with van der Waals surface area (Å²) in [7, 11) is 3.31. The summed E-state index contributed by atoms with van der Waals surface area (Å²) in [6.45, 7) is 1.22. The summed E-state index contributed by atoms with van der Waals surface area (Å²) in [5.41, 5.74) is 3.05. The van der Waals surface area contributed by atoms with Crippen LogP contribution in [0.15, 0.2) is 42.5 Å². The lowest BCUT2D eigenvalue weighted by molar-refractivity contribution is 0.202. The Hall–Kier alpha value is -2.20. The Balaban J connectivity index is 2.09. The maximum Gasteiger partial charge on any atom is 0.120 e. The number of rotatable bonds is 7. The van der Waals surface area contributed by atoms with E-state index in [0.717, 1.165) is 23.4 Å². The molecule has 0 aliphatic rings. The van der Waals surface area contributed by atoms with Gasteiger partial charge < -0.3 is 19.9 Å². The third kappa shape index (κ3) is 4.13. The van der Waals surface area contributed by atoms with Crippen LogP contribution in [0.2, 0.25) is 0 Å². The lowest BCUT2D eigenvalue weighted by Crippen LogP contribution is -2.04. The maximum atomic E-state index is 9.90. The van der Waals surface area contributed by atoms with Gasteiger partial charge in [0.25, 0.3) is 0 Å². The van der Waals surface area contributed by atoms with Crippen molar-refractivity contribution in [2.45, 2.75) is 13.0 Å². The molecular weight excluding hydrogens is 266 g/mol. The number of para-hydroxylation sites is 1. The third-order valence-corrected chi connectivity index (χ3v) is 3.35. The van der Waals surface area contributed by atoms with Gasteiger partial charge in [0, 0.05) is 24.9 Å². The molecule has 112 valence electrons. The van der Waals surface area contributed by atoms with Gasteiger partial charge in [0.1, 0.15) is 11.5 Å². The van der Waals surface area contributed by atoms with Crippen LogP contribution in [-0.4, -0.2) is 25.9 Å². The van der Waals surface area contributed by atoms with Gasteiger partial charge in [0.2, 0.25) is 0 Å². The molecule has 2 rings (SSSR count). The van der Waals surface area contributed by atoms with Gasteiger partial charge in [-0.1, -0.05) is 18.2 Å². The van der Waals surface area contributed by atoms with E-state index in [1.165, 1.54) is 5.56 Å². The van der Waals surface area contributed by atoms with E-state index in [0.29, 0.717) is 13.2 Å². The summed E-state index contributed by atoms with van der Waals surface area (Å²) in [5.74, 6) is 0.995. The molecule has 4 heteroatoms. The van der Waals surface area contributed by atoms with E-state index in [9.17, 15) is 5.11 Å². The predicted molar refractivity (Wildman–Crippen MR) is 84.0 cm³/mol. The number of phenolic OH excluding ortho intramolecular Hbond substituents is 1. The highest BCUT2D eigenvalue weighted by Crippen LogP contribution is 2.24. The van der Waals surface area contributed by atoms with Gasteiger partial charge in [-0.05, 0) is 36.2 Å². The highest BCUT2D eigenvalue weighted by atomic mass is 16.5. The molecule has 2 aromatic carbocycles. The molecule has 0 amide bonds. The zero-order chi connectivity index (χ0) is 15.1. The van der Waals surface area contributed by atoms with Crippen molar-refractivity contribution in [3.8, 4) is 11.5 Å². The van der Waals surface area contributed by atoms with Gasteiger partial charge in [0.05, 0.1) is 13.7 Å². The van der Waals surface area contributed by atoms with E-state index in [1.54, 1.807) is 26.4 Å². The monoisotopic (exact) mass is 287 g/mol. The van der Waals surface area contributed by atoms with Crippen LogP contribution in [0.3, 0.4) is 0 Å². The molecule has 0 aliphatic heterocycles. The minimum Gasteiger partial charge on any atom is -0.508 e. The smallest absolute Gasteiger partial charge is 0.120 e. The van der Waals surface area contributed by atoms with Gasteiger partial charge in [-0.2, -0.15) is 0 Å². The van der Waals surface area contributed by atoms with Crippen molar-refractivity contribution in [3.05, 3.63) is 53.6 Å². The number of phenols is 1. The summed E-state index contributed by atoms with van der Waals surface area (Å²) in [6.07, 6.45) is 0.851. The fraction of sp³-hybridized carbons (Fsp3) is 0.294. The normalized spacial score (nSPS) is 10.4. The zero-order valence-electron chi connectivity index (χ0n) is 12.4. The maximum absolute atomic E-state index is 9.90. The van der Waals surface area contributed by atoms with Crippen molar-refractivity contribution in [1.29, 1.82) is 0 Å². The molecule has 0 saturated carbocycles. The first-order valence-electron chi connectivity index (χ1n) is 6.91. The lowest BCUT2D eigenvalue weighted by Gasteiger charge is -2.13. The number of hydrogen-bond donors (Lipinski definition) is 2. The van der Waals surface area contributed by atoms with E-state index in [1.807, 2.05) is 24.3 Å². The first kappa shape index (κ1) is 15.2. The number of benzene rings is 2. The van der Waals surface area contributed by atoms with Crippen molar-refractivity contribution in [3.63, 3.8) is 0 Å². The van der Waals surface area contributed by atoms with Gasteiger partial charge in [0.15, 0.2) is 0 Å². The van der Waals surface area contributed by atoms with Crippen LogP contribution in [0.25, 0.3) is 0 Å². The average Bonchev–Trinajstić information content (AvgIpc) is 2.53. The Morgan fingerprint density at radius 2 is 1.86 bits per heavy atom. The van der Waals surface area contributed by atoms with Crippen molar-refractivity contribution in [2.24, 2.45) is 0 Å². The minimum atomic E-state index is 0.262. The molecule has 0 heterocycles. The molecule has 2 aromatic rings. The van der Waals surface area contributed by atoms with E-state index in [4.69, 9.17) is 9.47 Å². The average molecular weight is 287 g/mol. The van der Waals surface area contributed by atoms with Crippen LogP contribution in [0.1, 0.15) is 11.1 Å². The first-order chi connectivity index (χ1) is 10.2. The molecular formula is C17H21NO3. The van der Waals surface area contributed by atoms with Crippen LogP contribution in [0.5, 0.6) is 11.5 Å². The molecule has 0 radical (unpaired) electrons. The third-order valence-electron chi connectivity index (χ3n) is 3.35. The second-order valence-corrected chi connectivity index (χ2v) is 4.75. The SMILES string of the molecule is COCCc1ccccc1NCc1cc(OC)ccc1O. The Morgan fingerprint density at radius 1 is 1.05 bits per heavy atom. The summed E-state index contributed by atoms with van der Waals surface area (Å²) in [4.78, 5) is 0. The fourth-order valence-corrected chi connectivity index (χ4v) is 2.14. The fourth-order valence-electron chi connectivity index (χ4n) is 2.14. The minimum absolute atomic E-state index is 0.262. The Labute approximate surface area is 125 Å². The Bertz CT molecular complexity index is 584. The first-order valence-corrected chi connectivity index (χ1v) is 6.91. The largest absolute Gasteiger partial charge is 0.508 e. The number of hydrogen-bond acceptors (Lipinski definition) is 4. The molecule has 0 fully saturated rings. The molecule has 0 atom stereocenters. The number of nitrogens with one attached hydrogen (secondary N) is 1. The van der Waals surface area contributed by atoms with E-state index in [2.05, 4.69) is 11.4 Å². The zero-order valence-corrected chi connectivity index (χ0v) is 12.4. The molecule has 0 unspecified atom stereocenters. The second kappa shape index (κ2) is 7.55. The number of ether oxygens (including phenoxy) is 2. The highest BCUT2D eigenvalue weighted by molar-refractivity contribution is 5.52. The van der Waals surface area contributed by atoms with Gasteiger partial charge in [-0.3, -0.25) is 0 Å². The molecule has 0 spiro atoms. The van der Waals surface area contributed by atoms with Gasteiger partial charge in [-0.25, -0.2) is 0 Å². The predicted octanol–water partition coefficient (Wildman–Crippen LogP) is 3.20. The highest BCUT2D eigenvalue weighted by Gasteiger charge is 2.05. The number of methoxy groups -OCH3 is 2. The van der Waals surface area contributed by atoms with Crippen LogP contribution >= 0.6 is 0 Å². The molecule has 0 aliphatic carbocycles. The molecule has 21 heavy (non-hydrogen) atoms. The second-order valence-electron chi connectivity index (χ2n) is 4.75. The van der Waals surface area contributed by atoms with Crippen molar-refractivity contribution in [1.82, 2.24) is 0 Å². The van der Waals surface area contributed by atoms with Crippen LogP contribution in [0, 0.1) is 0 Å². The van der Waals surface area contributed by atoms with Gasteiger partial charge in [-0.15, -0.1) is 0 Å². The van der Waals surface area contributed by atoms with Gasteiger partial charge >= 0.3 is 0 Å². The summed E-state index contributed by atoms with van der Waals surface area (Å²) >= 11 is 0.